The summed E-state index contributed by atoms with van der Waals surface area (Å²) in [6, 6.07) is 31.6. The molecule has 2 nitrogen and oxygen atoms in total. The Bertz CT molecular complexity index is 691. The summed E-state index contributed by atoms with van der Waals surface area (Å²) in [5.41, 5.74) is 3.10. The summed E-state index contributed by atoms with van der Waals surface area (Å²) in [6.45, 7) is 2.11. The normalized spacial score (nSPS) is 11.6. The molecule has 126 valence electrons. The first-order valence-electron chi connectivity index (χ1n) is 8.63. The topological polar surface area (TPSA) is 21.3 Å². The van der Waals surface area contributed by atoms with E-state index in [0.717, 1.165) is 6.42 Å². The lowest BCUT2D eigenvalue weighted by atomic mass is 10.3. The van der Waals surface area contributed by atoms with E-state index in [0.29, 0.717) is 0 Å². The minimum absolute atomic E-state index is 0.965. The lowest BCUT2D eigenvalue weighted by molar-refractivity contribution is 0.245. The monoisotopic (exact) mass is 345 g/mol. The van der Waals surface area contributed by atoms with Crippen molar-refractivity contribution in [1.29, 1.82) is 0 Å². The van der Waals surface area contributed by atoms with Gasteiger partial charge in [0.1, 0.15) is 0 Å². The third-order valence-electron chi connectivity index (χ3n) is 4.17. The van der Waals surface area contributed by atoms with Crippen LogP contribution in [0.15, 0.2) is 103 Å². The molecule has 25 heavy (non-hydrogen) atoms. The van der Waals surface area contributed by atoms with Crippen LogP contribution in [0.4, 0.5) is 0 Å². The smallest absolute Gasteiger partial charge is 0.306 e. The van der Waals surface area contributed by atoms with Crippen LogP contribution in [0.1, 0.15) is 13.3 Å². The van der Waals surface area contributed by atoms with Gasteiger partial charge in [0.15, 0.2) is 0 Å². The third-order valence-corrected chi connectivity index (χ3v) is 8.04. The number of hydrogen-bond acceptors (Lipinski definition) is 2. The number of hydroxylamine groups is 1. The molecular formula is C22H23NOSi. The zero-order valence-corrected chi connectivity index (χ0v) is 15.4. The van der Waals surface area contributed by atoms with Gasteiger partial charge in [0.2, 0.25) is 0 Å². The molecule has 1 N–H and O–H groups in total. The van der Waals surface area contributed by atoms with Crippen LogP contribution in [0, 0.1) is 0 Å². The van der Waals surface area contributed by atoms with Crippen molar-refractivity contribution in [3.05, 3.63) is 103 Å². The van der Waals surface area contributed by atoms with Crippen molar-refractivity contribution in [2.24, 2.45) is 0 Å². The molecule has 0 saturated heterocycles. The van der Waals surface area contributed by atoms with Crippen LogP contribution in [0.3, 0.4) is 0 Å². The SMILES string of the molecule is CCC=CNO[Si](c1ccccc1)(c1ccccc1)c1ccccc1. The van der Waals surface area contributed by atoms with Crippen molar-refractivity contribution in [2.75, 3.05) is 0 Å². The molecule has 3 heteroatoms. The van der Waals surface area contributed by atoms with Crippen molar-refractivity contribution in [2.45, 2.75) is 13.3 Å². The van der Waals surface area contributed by atoms with Crippen molar-refractivity contribution >= 4 is 23.9 Å². The summed E-state index contributed by atoms with van der Waals surface area (Å²) in [4.78, 5) is 0. The molecule has 3 rings (SSSR count). The Morgan fingerprint density at radius 2 is 1.12 bits per heavy atom. The van der Waals surface area contributed by atoms with Gasteiger partial charge in [0, 0.05) is 6.20 Å². The average Bonchev–Trinajstić information content (AvgIpc) is 2.70. The number of allylic oxidation sites excluding steroid dienone is 1. The van der Waals surface area contributed by atoms with Crippen LogP contribution in [-0.4, -0.2) is 8.32 Å². The highest BCUT2D eigenvalue weighted by molar-refractivity contribution is 7.07. The van der Waals surface area contributed by atoms with Gasteiger partial charge < -0.3 is 4.53 Å². The van der Waals surface area contributed by atoms with E-state index in [-0.39, 0.29) is 0 Å². The fourth-order valence-electron chi connectivity index (χ4n) is 2.98. The summed E-state index contributed by atoms with van der Waals surface area (Å²) in [5, 5.41) is 3.64. The number of rotatable bonds is 7. The number of hydrogen-bond donors (Lipinski definition) is 1. The van der Waals surface area contributed by atoms with E-state index in [2.05, 4.69) is 91.3 Å². The zero-order chi connectivity index (χ0) is 17.4. The molecule has 0 spiro atoms. The van der Waals surface area contributed by atoms with Gasteiger partial charge in [-0.2, -0.15) is 0 Å². The van der Waals surface area contributed by atoms with E-state index in [9.17, 15) is 0 Å². The van der Waals surface area contributed by atoms with Crippen molar-refractivity contribution in [1.82, 2.24) is 5.48 Å². The molecule has 0 fully saturated rings. The second-order valence-corrected chi connectivity index (χ2v) is 9.11. The Hall–Kier alpha value is -2.62. The summed E-state index contributed by atoms with van der Waals surface area (Å²) in [6.07, 6.45) is 4.91. The van der Waals surface area contributed by atoms with Crippen LogP contribution < -0.4 is 21.0 Å². The van der Waals surface area contributed by atoms with Gasteiger partial charge in [-0.25, -0.2) is 0 Å². The molecule has 0 aliphatic rings. The van der Waals surface area contributed by atoms with Crippen LogP contribution in [0.2, 0.25) is 0 Å². The van der Waals surface area contributed by atoms with Gasteiger partial charge in [-0.05, 0) is 22.0 Å². The molecule has 0 saturated carbocycles. The molecule has 0 heterocycles. The van der Waals surface area contributed by atoms with Gasteiger partial charge in [-0.1, -0.05) is 104 Å². The molecule has 0 aromatic heterocycles. The van der Waals surface area contributed by atoms with E-state index in [1.165, 1.54) is 15.6 Å². The standard InChI is InChI=1S/C22H23NOSi/c1-2-3-19-23-24-25(20-13-7-4-8-14-20,21-15-9-5-10-16-21)22-17-11-6-12-18-22/h3-19,23H,2H2,1H3. The Balaban J connectivity index is 2.18. The number of nitrogens with one attached hydrogen (secondary N) is 1. The molecule has 0 aliphatic heterocycles. The van der Waals surface area contributed by atoms with E-state index in [1.807, 2.05) is 24.4 Å². The maximum atomic E-state index is 6.49. The molecule has 0 unspecified atom stereocenters. The maximum absolute atomic E-state index is 6.49. The summed E-state index contributed by atoms with van der Waals surface area (Å²) < 4.78 is 6.49. The second-order valence-electron chi connectivity index (χ2n) is 5.81. The zero-order valence-electron chi connectivity index (χ0n) is 14.4. The van der Waals surface area contributed by atoms with Gasteiger partial charge in [-0.15, -0.1) is 0 Å². The highest BCUT2D eigenvalue weighted by atomic mass is 28.4. The van der Waals surface area contributed by atoms with Gasteiger partial charge in [0.05, 0.1) is 0 Å². The summed E-state index contributed by atoms with van der Waals surface area (Å²) in [7, 11) is -2.64. The molecule has 0 amide bonds. The minimum atomic E-state index is -2.64. The predicted molar refractivity (Wildman–Crippen MR) is 108 cm³/mol. The minimum Gasteiger partial charge on any atom is -0.306 e. The highest BCUT2D eigenvalue weighted by Gasteiger charge is 2.42. The van der Waals surface area contributed by atoms with E-state index in [4.69, 9.17) is 4.53 Å². The van der Waals surface area contributed by atoms with E-state index < -0.39 is 8.32 Å². The lowest BCUT2D eigenvalue weighted by Gasteiger charge is -2.32. The van der Waals surface area contributed by atoms with E-state index >= 15 is 0 Å². The summed E-state index contributed by atoms with van der Waals surface area (Å²) in [5.74, 6) is 0. The van der Waals surface area contributed by atoms with Crippen LogP contribution in [-0.2, 0) is 4.53 Å². The second kappa shape index (κ2) is 8.47. The van der Waals surface area contributed by atoms with Gasteiger partial charge in [0.25, 0.3) is 0 Å². The third kappa shape index (κ3) is 3.73. The first-order valence-corrected chi connectivity index (χ1v) is 10.5. The Labute approximate surface area is 150 Å². The molecular weight excluding hydrogens is 322 g/mol. The number of benzene rings is 3. The van der Waals surface area contributed by atoms with Crippen LogP contribution in [0.5, 0.6) is 0 Å². The Morgan fingerprint density at radius 1 is 0.720 bits per heavy atom. The van der Waals surface area contributed by atoms with Gasteiger partial charge >= 0.3 is 8.32 Å². The van der Waals surface area contributed by atoms with Crippen LogP contribution >= 0.6 is 0 Å². The largest absolute Gasteiger partial charge is 0.321 e. The quantitative estimate of drug-likeness (QED) is 0.404. The van der Waals surface area contributed by atoms with Crippen LogP contribution in [0.25, 0.3) is 0 Å². The molecule has 0 aliphatic carbocycles. The fraction of sp³-hybridized carbons (Fsp3) is 0.0909. The Kier molecular flexibility index (Phi) is 5.83. The molecule has 3 aromatic rings. The van der Waals surface area contributed by atoms with Crippen molar-refractivity contribution in [3.8, 4) is 0 Å². The highest BCUT2D eigenvalue weighted by Crippen LogP contribution is 2.08. The maximum Gasteiger partial charge on any atom is 0.321 e. The predicted octanol–water partition coefficient (Wildman–Crippen LogP) is 3.10. The molecule has 0 radical (unpaired) electrons. The molecule has 0 atom stereocenters. The lowest BCUT2D eigenvalue weighted by Crippen LogP contribution is -2.70. The van der Waals surface area contributed by atoms with Crippen molar-refractivity contribution in [3.63, 3.8) is 0 Å². The Morgan fingerprint density at radius 3 is 1.48 bits per heavy atom. The summed E-state index contributed by atoms with van der Waals surface area (Å²) >= 11 is 0. The fourth-order valence-corrected chi connectivity index (χ4v) is 6.57. The first-order chi connectivity index (χ1) is 12.4. The van der Waals surface area contributed by atoms with Gasteiger partial charge in [-0.3, -0.25) is 5.48 Å². The van der Waals surface area contributed by atoms with E-state index in [1.54, 1.807) is 0 Å². The molecule has 3 aromatic carbocycles. The van der Waals surface area contributed by atoms with Crippen molar-refractivity contribution < 1.29 is 4.53 Å². The average molecular weight is 346 g/mol. The molecule has 0 bridgehead atoms. The first kappa shape index (κ1) is 17.2.